The highest BCUT2D eigenvalue weighted by Gasteiger charge is 2.06. The van der Waals surface area contributed by atoms with Crippen LogP contribution in [0.25, 0.3) is 0 Å². The number of rotatable bonds is 6. The number of hydrogen-bond donors (Lipinski definition) is 3. The number of hydrogen-bond acceptors (Lipinski definition) is 4. The molecule has 0 saturated heterocycles. The number of nitrogens with one attached hydrogen (secondary N) is 2. The van der Waals surface area contributed by atoms with Gasteiger partial charge in [-0.25, -0.2) is 4.39 Å². The first-order valence-electron chi connectivity index (χ1n) is 5.62. The van der Waals surface area contributed by atoms with Crippen LogP contribution >= 0.6 is 0 Å². The highest BCUT2D eigenvalue weighted by molar-refractivity contribution is 5.85. The van der Waals surface area contributed by atoms with E-state index in [-0.39, 0.29) is 31.3 Å². The molecule has 1 rings (SSSR count). The van der Waals surface area contributed by atoms with E-state index in [0.717, 1.165) is 0 Å². The monoisotopic (exact) mass is 269 g/mol. The summed E-state index contributed by atoms with van der Waals surface area (Å²) < 4.78 is 18.1. The predicted molar refractivity (Wildman–Crippen MR) is 66.9 cm³/mol. The summed E-state index contributed by atoms with van der Waals surface area (Å²) in [6.45, 7) is -0.163. The molecule has 2 amide bonds. The van der Waals surface area contributed by atoms with Gasteiger partial charge in [-0.3, -0.25) is 9.59 Å². The predicted octanol–water partition coefficient (Wildman–Crippen LogP) is -0.475. The lowest BCUT2D eigenvalue weighted by Crippen LogP contribution is -2.39. The van der Waals surface area contributed by atoms with Crippen LogP contribution in [0.3, 0.4) is 0 Å². The smallest absolute Gasteiger partial charge is 0.239 e. The Bertz CT molecular complexity index is 466. The summed E-state index contributed by atoms with van der Waals surface area (Å²) in [5.74, 6) is -1.14. The molecule has 7 heteroatoms. The molecule has 4 N–H and O–H groups in total. The normalized spacial score (nSPS) is 9.84. The largest absolute Gasteiger partial charge is 0.494 e. The Morgan fingerprint density at radius 2 is 2.05 bits per heavy atom. The fraction of sp³-hybridized carbons (Fsp3) is 0.333. The van der Waals surface area contributed by atoms with Gasteiger partial charge in [0.1, 0.15) is 0 Å². The van der Waals surface area contributed by atoms with Gasteiger partial charge in [0.25, 0.3) is 0 Å². The Labute approximate surface area is 110 Å². The molecule has 0 unspecified atom stereocenters. The van der Waals surface area contributed by atoms with Crippen molar-refractivity contribution in [3.05, 3.63) is 29.6 Å². The average Bonchev–Trinajstić information content (AvgIpc) is 2.42. The summed E-state index contributed by atoms with van der Waals surface area (Å²) in [4.78, 5) is 22.2. The van der Waals surface area contributed by atoms with Crippen LogP contribution in [0.5, 0.6) is 5.75 Å². The molecular formula is C12H16FN3O3. The summed E-state index contributed by atoms with van der Waals surface area (Å²) in [5.41, 5.74) is 5.66. The highest BCUT2D eigenvalue weighted by atomic mass is 19.1. The summed E-state index contributed by atoms with van der Waals surface area (Å²) in [5, 5.41) is 4.87. The lowest BCUT2D eigenvalue weighted by atomic mass is 10.2. The van der Waals surface area contributed by atoms with Crippen molar-refractivity contribution in [3.8, 4) is 5.75 Å². The number of amides is 2. The molecule has 6 nitrogen and oxygen atoms in total. The summed E-state index contributed by atoms with van der Waals surface area (Å²) >= 11 is 0. The maximum Gasteiger partial charge on any atom is 0.239 e. The third-order valence-corrected chi connectivity index (χ3v) is 2.34. The highest BCUT2D eigenvalue weighted by Crippen LogP contribution is 2.17. The van der Waals surface area contributed by atoms with Crippen LogP contribution < -0.4 is 21.1 Å². The molecule has 0 atom stereocenters. The Balaban J connectivity index is 2.42. The van der Waals surface area contributed by atoms with E-state index < -0.39 is 11.7 Å². The number of nitrogens with two attached hydrogens (primary N) is 1. The minimum atomic E-state index is -0.495. The quantitative estimate of drug-likeness (QED) is 0.650. The number of ether oxygens (including phenoxy) is 1. The van der Waals surface area contributed by atoms with Crippen LogP contribution in [-0.2, 0) is 16.1 Å². The van der Waals surface area contributed by atoms with Crippen LogP contribution in [0.1, 0.15) is 5.56 Å². The number of halogens is 1. The van der Waals surface area contributed by atoms with Crippen molar-refractivity contribution in [2.75, 3.05) is 20.2 Å². The molecule has 0 aliphatic heterocycles. The first-order valence-corrected chi connectivity index (χ1v) is 5.62. The Morgan fingerprint density at radius 3 is 2.63 bits per heavy atom. The minimum Gasteiger partial charge on any atom is -0.494 e. The molecule has 0 aromatic heterocycles. The molecule has 0 saturated carbocycles. The van der Waals surface area contributed by atoms with Crippen LogP contribution in [0.4, 0.5) is 4.39 Å². The second-order valence-electron chi connectivity index (χ2n) is 3.73. The maximum absolute atomic E-state index is 13.4. The van der Waals surface area contributed by atoms with Crippen LogP contribution in [0.2, 0.25) is 0 Å². The number of carbonyl (C=O) groups excluding carboxylic acids is 2. The van der Waals surface area contributed by atoms with Gasteiger partial charge in [0.2, 0.25) is 11.8 Å². The third-order valence-electron chi connectivity index (χ3n) is 2.34. The van der Waals surface area contributed by atoms with Crippen molar-refractivity contribution >= 4 is 11.8 Å². The van der Waals surface area contributed by atoms with Gasteiger partial charge in [-0.05, 0) is 17.7 Å². The summed E-state index contributed by atoms with van der Waals surface area (Å²) in [7, 11) is 1.37. The zero-order chi connectivity index (χ0) is 14.3. The molecule has 0 radical (unpaired) electrons. The SMILES string of the molecule is COc1ccc(CNC(=O)CNC(=O)CN)cc1F. The molecule has 0 bridgehead atoms. The molecule has 1 aromatic rings. The van der Waals surface area contributed by atoms with E-state index in [1.54, 1.807) is 6.07 Å². The molecule has 0 aliphatic carbocycles. The second kappa shape index (κ2) is 7.32. The van der Waals surface area contributed by atoms with Crippen molar-refractivity contribution in [2.45, 2.75) is 6.54 Å². The fourth-order valence-electron chi connectivity index (χ4n) is 1.33. The maximum atomic E-state index is 13.4. The molecule has 0 fully saturated rings. The topological polar surface area (TPSA) is 93.5 Å². The molecule has 0 spiro atoms. The van der Waals surface area contributed by atoms with Crippen molar-refractivity contribution in [2.24, 2.45) is 5.73 Å². The molecule has 0 aliphatic rings. The van der Waals surface area contributed by atoms with E-state index in [4.69, 9.17) is 10.5 Å². The van der Waals surface area contributed by atoms with E-state index in [2.05, 4.69) is 10.6 Å². The number of methoxy groups -OCH3 is 1. The number of benzene rings is 1. The van der Waals surface area contributed by atoms with Crippen LogP contribution in [-0.4, -0.2) is 32.0 Å². The van der Waals surface area contributed by atoms with Crippen molar-refractivity contribution in [1.82, 2.24) is 10.6 Å². The molecular weight excluding hydrogens is 253 g/mol. The standard InChI is InChI=1S/C12H16FN3O3/c1-19-10-3-2-8(4-9(10)13)6-15-12(18)7-16-11(17)5-14/h2-4H,5-7,14H2,1H3,(H,15,18)(H,16,17). The second-order valence-corrected chi connectivity index (χ2v) is 3.73. The summed E-state index contributed by atoms with van der Waals surface area (Å²) in [6, 6.07) is 4.39. The van der Waals surface area contributed by atoms with Gasteiger partial charge in [-0.2, -0.15) is 0 Å². The fourth-order valence-corrected chi connectivity index (χ4v) is 1.33. The van der Waals surface area contributed by atoms with Gasteiger partial charge in [0.05, 0.1) is 20.2 Å². The zero-order valence-electron chi connectivity index (χ0n) is 10.5. The number of carbonyl (C=O) groups is 2. The Hall–Kier alpha value is -2.15. The van der Waals surface area contributed by atoms with E-state index in [0.29, 0.717) is 5.56 Å². The first kappa shape index (κ1) is 14.9. The first-order chi connectivity index (χ1) is 9.06. The van der Waals surface area contributed by atoms with Crippen molar-refractivity contribution in [3.63, 3.8) is 0 Å². The lowest BCUT2D eigenvalue weighted by Gasteiger charge is -2.08. The van der Waals surface area contributed by atoms with E-state index in [1.165, 1.54) is 19.2 Å². The van der Waals surface area contributed by atoms with Gasteiger partial charge >= 0.3 is 0 Å². The lowest BCUT2D eigenvalue weighted by molar-refractivity contribution is -0.125. The average molecular weight is 269 g/mol. The van der Waals surface area contributed by atoms with Gasteiger partial charge in [0.15, 0.2) is 11.6 Å². The van der Waals surface area contributed by atoms with Crippen molar-refractivity contribution < 1.29 is 18.7 Å². The van der Waals surface area contributed by atoms with E-state index in [9.17, 15) is 14.0 Å². The van der Waals surface area contributed by atoms with Gasteiger partial charge < -0.3 is 21.1 Å². The van der Waals surface area contributed by atoms with Gasteiger partial charge in [0, 0.05) is 6.54 Å². The molecule has 104 valence electrons. The van der Waals surface area contributed by atoms with Crippen LogP contribution in [0.15, 0.2) is 18.2 Å². The Kier molecular flexibility index (Phi) is 5.74. The van der Waals surface area contributed by atoms with Crippen molar-refractivity contribution in [1.29, 1.82) is 0 Å². The van der Waals surface area contributed by atoms with E-state index >= 15 is 0 Å². The molecule has 19 heavy (non-hydrogen) atoms. The zero-order valence-corrected chi connectivity index (χ0v) is 10.5. The van der Waals surface area contributed by atoms with Crippen LogP contribution in [0, 0.1) is 5.82 Å². The van der Waals surface area contributed by atoms with Gasteiger partial charge in [-0.15, -0.1) is 0 Å². The van der Waals surface area contributed by atoms with E-state index in [1.807, 2.05) is 0 Å². The van der Waals surface area contributed by atoms with Gasteiger partial charge in [-0.1, -0.05) is 6.07 Å². The summed E-state index contributed by atoms with van der Waals surface area (Å²) in [6.07, 6.45) is 0. The Morgan fingerprint density at radius 1 is 1.32 bits per heavy atom. The molecule has 0 heterocycles. The minimum absolute atomic E-state index is 0.144. The molecule has 1 aromatic carbocycles. The third kappa shape index (κ3) is 4.92.